The van der Waals surface area contributed by atoms with E-state index < -0.39 is 0 Å². The molecule has 1 atom stereocenters. The zero-order valence-electron chi connectivity index (χ0n) is 32.7. The van der Waals surface area contributed by atoms with E-state index in [1.165, 1.54) is 107 Å². The molecule has 3 heteroatoms. The molecule has 0 aromatic heterocycles. The molecule has 268 valence electrons. The molecule has 5 aromatic carbocycles. The van der Waals surface area contributed by atoms with Crippen molar-refractivity contribution in [2.24, 2.45) is 5.92 Å². The first-order valence-electron chi connectivity index (χ1n) is 18.1. The second-order valence-electron chi connectivity index (χ2n) is 16.7. The van der Waals surface area contributed by atoms with Gasteiger partial charge in [0.2, 0.25) is 0 Å². The molecule has 0 saturated heterocycles. The van der Waals surface area contributed by atoms with Gasteiger partial charge >= 0.3 is 89.5 Å². The van der Waals surface area contributed by atoms with Gasteiger partial charge in [-0.1, -0.05) is 113 Å². The fourth-order valence-electron chi connectivity index (χ4n) is 8.06. The standard InChI is InChI=1S/C25H25.C13H13.C11H14.2ClH.Zr/c1-14-12-24(3,4)22-8-16-7-17-9-23-19(15(2)13-25(23,5)6)11-21(17)20(16)10-18(14)22;1-10-8-11(2)13(9-10)12-6-4-3-5-7-12;1-9-5-7-10(8-6-9)11(2,3)4;;;/h7-13H,1-6H3;3-7,9-10H,1-2H3;1,5-8H,2-4H3;2*1H;/q2*-1;;;;+2/p-2. The summed E-state index contributed by atoms with van der Waals surface area (Å²) >= 11 is 1.46. The fourth-order valence-corrected chi connectivity index (χ4v) is 8.54. The normalized spacial score (nSPS) is 17.5. The van der Waals surface area contributed by atoms with Gasteiger partial charge in [-0.3, -0.25) is 6.08 Å². The van der Waals surface area contributed by atoms with Crippen LogP contribution in [0.5, 0.6) is 0 Å². The molecule has 5 aromatic rings. The summed E-state index contributed by atoms with van der Waals surface area (Å²) in [6.07, 6.45) is 10.5. The van der Waals surface area contributed by atoms with Gasteiger partial charge in [-0.15, -0.1) is 45.3 Å². The summed E-state index contributed by atoms with van der Waals surface area (Å²) in [5.41, 5.74) is 15.8. The van der Waals surface area contributed by atoms with Gasteiger partial charge in [-0.2, -0.15) is 11.6 Å². The molecule has 1 unspecified atom stereocenters. The SMILES string of the molecule is CC(C)(C)c1ccc([CH]=[Zr+2])cc1.CC1=CC(C)(C)c2cc3[cH-]c4cc5c(cc4c3cc21)C(C)=CC5(C)C.CC1=[C-]C(C)C=C1c1ccccc1.[Cl-].[Cl-]. The Morgan fingerprint density at radius 1 is 0.712 bits per heavy atom. The van der Waals surface area contributed by atoms with Gasteiger partial charge < -0.3 is 24.8 Å². The molecular formula is C49H52Cl2Zr-2. The van der Waals surface area contributed by atoms with Gasteiger partial charge in [0, 0.05) is 10.8 Å². The summed E-state index contributed by atoms with van der Waals surface area (Å²) in [7, 11) is 0. The van der Waals surface area contributed by atoms with Crippen LogP contribution in [-0.4, -0.2) is 3.71 Å². The van der Waals surface area contributed by atoms with Crippen LogP contribution in [0.1, 0.15) is 115 Å². The molecule has 0 spiro atoms. The average Bonchev–Trinajstić information content (AvgIpc) is 3.73. The van der Waals surface area contributed by atoms with Crippen LogP contribution in [0.2, 0.25) is 0 Å². The van der Waals surface area contributed by atoms with E-state index in [1.807, 2.05) is 6.07 Å². The van der Waals surface area contributed by atoms with Crippen LogP contribution in [-0.2, 0) is 40.5 Å². The van der Waals surface area contributed by atoms with Crippen molar-refractivity contribution in [2.45, 2.75) is 92.4 Å². The number of halogens is 2. The Morgan fingerprint density at radius 3 is 1.60 bits per heavy atom. The van der Waals surface area contributed by atoms with Crippen molar-refractivity contribution in [3.8, 4) is 0 Å². The van der Waals surface area contributed by atoms with Crippen molar-refractivity contribution in [2.75, 3.05) is 0 Å². The third-order valence-electron chi connectivity index (χ3n) is 10.7. The van der Waals surface area contributed by atoms with Gasteiger partial charge in [0.1, 0.15) is 0 Å². The number of rotatable bonds is 2. The molecule has 0 aliphatic heterocycles. The van der Waals surface area contributed by atoms with Crippen molar-refractivity contribution in [3.63, 3.8) is 0 Å². The van der Waals surface area contributed by atoms with Crippen molar-refractivity contribution < 1.29 is 49.0 Å². The van der Waals surface area contributed by atoms with E-state index in [0.29, 0.717) is 5.92 Å². The van der Waals surface area contributed by atoms with Crippen LogP contribution in [0.4, 0.5) is 0 Å². The molecule has 0 fully saturated rings. The average molecular weight is 803 g/mol. The first kappa shape index (κ1) is 41.8. The van der Waals surface area contributed by atoms with Gasteiger partial charge in [0.25, 0.3) is 0 Å². The Hall–Kier alpha value is -2.96. The van der Waals surface area contributed by atoms with Crippen LogP contribution in [0.3, 0.4) is 0 Å². The van der Waals surface area contributed by atoms with Crippen molar-refractivity contribution in [1.82, 2.24) is 0 Å². The maximum Gasteiger partial charge on any atom is 0.00178 e. The molecule has 0 saturated carbocycles. The molecular weight excluding hydrogens is 751 g/mol. The topological polar surface area (TPSA) is 0 Å². The van der Waals surface area contributed by atoms with Gasteiger partial charge in [-0.25, -0.2) is 5.57 Å². The molecule has 52 heavy (non-hydrogen) atoms. The minimum Gasteiger partial charge on any atom is -1.00 e. The Kier molecular flexibility index (Phi) is 12.7. The Labute approximate surface area is 340 Å². The van der Waals surface area contributed by atoms with E-state index >= 15 is 0 Å². The van der Waals surface area contributed by atoms with E-state index in [4.69, 9.17) is 0 Å². The van der Waals surface area contributed by atoms with Gasteiger partial charge in [0.05, 0.1) is 0 Å². The van der Waals surface area contributed by atoms with Crippen LogP contribution in [0, 0.1) is 12.0 Å². The molecule has 8 rings (SSSR count). The van der Waals surface area contributed by atoms with Crippen LogP contribution >= 0.6 is 0 Å². The molecule has 0 N–H and O–H groups in total. The molecule has 0 radical (unpaired) electrons. The van der Waals surface area contributed by atoms with Crippen molar-refractivity contribution >= 4 is 42.0 Å². The zero-order chi connectivity index (χ0) is 36.2. The second-order valence-corrected chi connectivity index (χ2v) is 17.4. The van der Waals surface area contributed by atoms with E-state index in [9.17, 15) is 0 Å². The number of hydrogen-bond acceptors (Lipinski definition) is 0. The number of allylic oxidation sites excluding steroid dienone is 8. The molecule has 0 heterocycles. The van der Waals surface area contributed by atoms with Gasteiger partial charge in [0.15, 0.2) is 0 Å². The smallest absolute Gasteiger partial charge is 0.00178 e. The first-order valence-corrected chi connectivity index (χ1v) is 19.5. The molecule has 0 bridgehead atoms. The summed E-state index contributed by atoms with van der Waals surface area (Å²) < 4.78 is 2.21. The third-order valence-corrected chi connectivity index (χ3v) is 11.5. The predicted octanol–water partition coefficient (Wildman–Crippen LogP) is 7.26. The maximum atomic E-state index is 3.39. The molecule has 3 aliphatic rings. The maximum absolute atomic E-state index is 3.39. The number of hydrogen-bond donors (Lipinski definition) is 0. The largest absolute Gasteiger partial charge is 1.00 e. The molecule has 0 amide bonds. The van der Waals surface area contributed by atoms with Crippen molar-refractivity contribution in [1.29, 1.82) is 0 Å². The molecule has 3 aliphatic carbocycles. The minimum absolute atomic E-state index is 0. The van der Waals surface area contributed by atoms with Crippen LogP contribution in [0.25, 0.3) is 38.3 Å². The monoisotopic (exact) mass is 800 g/mol. The zero-order valence-corrected chi connectivity index (χ0v) is 36.7. The number of fused-ring (bicyclic) bond motifs is 5. The van der Waals surface area contributed by atoms with Crippen LogP contribution < -0.4 is 24.8 Å². The van der Waals surface area contributed by atoms with Gasteiger partial charge in [-0.05, 0) is 36.1 Å². The van der Waals surface area contributed by atoms with E-state index in [-0.39, 0.29) is 41.1 Å². The Bertz CT molecular complexity index is 2140. The quantitative estimate of drug-likeness (QED) is 0.165. The van der Waals surface area contributed by atoms with Crippen molar-refractivity contribution in [3.05, 3.63) is 154 Å². The van der Waals surface area contributed by atoms with E-state index in [1.54, 1.807) is 0 Å². The summed E-state index contributed by atoms with van der Waals surface area (Å²) in [6.45, 7) is 24.8. The summed E-state index contributed by atoms with van der Waals surface area (Å²) in [5, 5.41) is 5.57. The molecule has 0 nitrogen and oxygen atoms in total. The minimum atomic E-state index is 0. The first-order chi connectivity index (χ1) is 23.5. The van der Waals surface area contributed by atoms with Crippen LogP contribution in [0.15, 0.2) is 109 Å². The summed E-state index contributed by atoms with van der Waals surface area (Å²) in [5.74, 6) is 0.468. The third kappa shape index (κ3) is 8.39. The Balaban J connectivity index is 0.000000191. The summed E-state index contributed by atoms with van der Waals surface area (Å²) in [6, 6.07) is 31.4. The number of benzene rings is 4. The predicted molar refractivity (Wildman–Crippen MR) is 217 cm³/mol. The Morgan fingerprint density at radius 2 is 1.19 bits per heavy atom. The summed E-state index contributed by atoms with van der Waals surface area (Å²) in [4.78, 5) is 0. The second kappa shape index (κ2) is 15.8. The fraction of sp³-hybridized carbons (Fsp3) is 0.306. The van der Waals surface area contributed by atoms with E-state index in [2.05, 4.69) is 183 Å². The van der Waals surface area contributed by atoms with E-state index in [0.717, 1.165) is 0 Å².